The van der Waals surface area contributed by atoms with Crippen molar-refractivity contribution in [1.29, 1.82) is 0 Å². The van der Waals surface area contributed by atoms with Crippen molar-refractivity contribution in [3.05, 3.63) is 0 Å². The first-order valence-corrected chi connectivity index (χ1v) is 4.11. The molecule has 15 heavy (non-hydrogen) atoms. The number of cyclic esters (lactones) is 2. The quantitative estimate of drug-likeness (QED) is 0.303. The van der Waals surface area contributed by atoms with E-state index in [1.807, 2.05) is 0 Å². The zero-order chi connectivity index (χ0) is 11.2. The van der Waals surface area contributed by atoms with Crippen LogP contribution in [-0.4, -0.2) is 35.6 Å². The van der Waals surface area contributed by atoms with Gasteiger partial charge in [0.05, 0.1) is 0 Å². The van der Waals surface area contributed by atoms with E-state index in [-0.39, 0.29) is 0 Å². The molecule has 2 saturated heterocycles. The normalized spacial score (nSPS) is 33.4. The van der Waals surface area contributed by atoms with Crippen LogP contribution in [0.3, 0.4) is 0 Å². The van der Waals surface area contributed by atoms with Crippen molar-refractivity contribution in [3.8, 4) is 0 Å². The molecule has 2 atom stereocenters. The molecule has 0 aromatic heterocycles. The van der Waals surface area contributed by atoms with Gasteiger partial charge in [-0.05, 0) is 0 Å². The predicted molar refractivity (Wildman–Crippen MR) is 40.1 cm³/mol. The molecule has 2 fully saturated rings. The lowest BCUT2D eigenvalue weighted by Gasteiger charge is -2.18. The van der Waals surface area contributed by atoms with Gasteiger partial charge in [-0.25, -0.2) is 9.59 Å². The molecule has 0 N–H and O–H groups in total. The summed E-state index contributed by atoms with van der Waals surface area (Å²) in [7, 11) is 0. The van der Waals surface area contributed by atoms with Gasteiger partial charge < -0.3 is 14.2 Å². The van der Waals surface area contributed by atoms with Crippen LogP contribution in [0.4, 0.5) is 0 Å². The fourth-order valence-electron chi connectivity index (χ4n) is 1.61. The van der Waals surface area contributed by atoms with Gasteiger partial charge in [-0.3, -0.25) is 9.59 Å². The molecule has 2 rings (SSSR count). The summed E-state index contributed by atoms with van der Waals surface area (Å²) in [6.07, 6.45) is -1.94. The van der Waals surface area contributed by atoms with Crippen LogP contribution < -0.4 is 0 Å². The van der Waals surface area contributed by atoms with Gasteiger partial charge in [0, 0.05) is 6.92 Å². The number of hydrogen-bond acceptors (Lipinski definition) is 7. The van der Waals surface area contributed by atoms with E-state index < -0.39 is 42.0 Å². The molecule has 2 aliphatic rings. The van der Waals surface area contributed by atoms with Crippen molar-refractivity contribution in [3.63, 3.8) is 0 Å². The standard InChI is InChI=1S/C8H6O7/c1-3(9)15-8-2-4(10)13-5(8)6(11)14-7(8)12/h5H,2H2,1H3/t5-,8+/m1/s1. The zero-order valence-corrected chi connectivity index (χ0v) is 7.64. The van der Waals surface area contributed by atoms with Crippen LogP contribution in [-0.2, 0) is 33.4 Å². The zero-order valence-electron chi connectivity index (χ0n) is 7.64. The Hall–Kier alpha value is -1.92. The molecule has 0 bridgehead atoms. The van der Waals surface area contributed by atoms with Crippen LogP contribution in [0, 0.1) is 0 Å². The van der Waals surface area contributed by atoms with Gasteiger partial charge in [0.25, 0.3) is 5.60 Å². The molecule has 80 valence electrons. The van der Waals surface area contributed by atoms with E-state index >= 15 is 0 Å². The van der Waals surface area contributed by atoms with E-state index in [0.717, 1.165) is 6.92 Å². The summed E-state index contributed by atoms with van der Waals surface area (Å²) in [5.41, 5.74) is -1.90. The molecule has 0 aliphatic carbocycles. The maximum absolute atomic E-state index is 11.3. The highest BCUT2D eigenvalue weighted by atomic mass is 16.7. The highest BCUT2D eigenvalue weighted by Crippen LogP contribution is 2.37. The molecule has 0 aromatic rings. The summed E-state index contributed by atoms with van der Waals surface area (Å²) in [6.45, 7) is 1.06. The van der Waals surface area contributed by atoms with Crippen LogP contribution in [0.15, 0.2) is 0 Å². The van der Waals surface area contributed by atoms with E-state index in [4.69, 9.17) is 4.74 Å². The topological polar surface area (TPSA) is 96.0 Å². The Bertz CT molecular complexity index is 384. The van der Waals surface area contributed by atoms with Crippen molar-refractivity contribution in [2.75, 3.05) is 0 Å². The molecule has 7 heteroatoms. The maximum atomic E-state index is 11.3. The molecule has 0 saturated carbocycles. The second-order valence-electron chi connectivity index (χ2n) is 3.24. The van der Waals surface area contributed by atoms with Crippen molar-refractivity contribution >= 4 is 23.9 Å². The van der Waals surface area contributed by atoms with Crippen molar-refractivity contribution < 1.29 is 33.4 Å². The van der Waals surface area contributed by atoms with E-state index in [1.54, 1.807) is 0 Å². The minimum atomic E-state index is -1.90. The summed E-state index contributed by atoms with van der Waals surface area (Å²) in [5.74, 6) is -3.62. The Morgan fingerprint density at radius 2 is 2.13 bits per heavy atom. The Morgan fingerprint density at radius 3 is 2.73 bits per heavy atom. The number of ether oxygens (including phenoxy) is 3. The van der Waals surface area contributed by atoms with E-state index in [1.165, 1.54) is 0 Å². The lowest BCUT2D eigenvalue weighted by atomic mass is 9.98. The Labute approximate surface area is 83.3 Å². The van der Waals surface area contributed by atoms with Gasteiger partial charge in [-0.2, -0.15) is 0 Å². The van der Waals surface area contributed by atoms with Crippen LogP contribution in [0.2, 0.25) is 0 Å². The number of fused-ring (bicyclic) bond motifs is 1. The first-order chi connectivity index (χ1) is 6.95. The third-order valence-corrected chi connectivity index (χ3v) is 2.16. The fraction of sp³-hybridized carbons (Fsp3) is 0.500. The molecule has 0 spiro atoms. The maximum Gasteiger partial charge on any atom is 0.363 e. The second kappa shape index (κ2) is 2.78. The lowest BCUT2D eigenvalue weighted by molar-refractivity contribution is -0.172. The highest BCUT2D eigenvalue weighted by molar-refractivity contribution is 6.08. The monoisotopic (exact) mass is 214 g/mol. The lowest BCUT2D eigenvalue weighted by Crippen LogP contribution is -2.45. The third kappa shape index (κ3) is 1.19. The largest absolute Gasteiger partial charge is 0.445 e. The molecule has 0 amide bonds. The molecular weight excluding hydrogens is 208 g/mol. The van der Waals surface area contributed by atoms with Gasteiger partial charge in [0.15, 0.2) is 0 Å². The molecule has 0 aromatic carbocycles. The van der Waals surface area contributed by atoms with E-state index in [2.05, 4.69) is 9.47 Å². The predicted octanol–water partition coefficient (Wildman–Crippen LogP) is -1.31. The van der Waals surface area contributed by atoms with E-state index in [9.17, 15) is 19.2 Å². The van der Waals surface area contributed by atoms with Crippen LogP contribution in [0.5, 0.6) is 0 Å². The first-order valence-electron chi connectivity index (χ1n) is 4.11. The van der Waals surface area contributed by atoms with Crippen LogP contribution in [0.25, 0.3) is 0 Å². The minimum Gasteiger partial charge on any atom is -0.445 e. The molecule has 2 heterocycles. The van der Waals surface area contributed by atoms with Crippen LogP contribution in [0.1, 0.15) is 13.3 Å². The number of hydrogen-bond donors (Lipinski definition) is 0. The summed E-state index contributed by atoms with van der Waals surface area (Å²) >= 11 is 0. The summed E-state index contributed by atoms with van der Waals surface area (Å²) in [6, 6.07) is 0. The SMILES string of the molecule is CC(=O)O[C@@]12CC(=O)O[C@@H]1C(=O)OC2=O. The second-order valence-corrected chi connectivity index (χ2v) is 3.24. The van der Waals surface area contributed by atoms with Crippen LogP contribution >= 0.6 is 0 Å². The van der Waals surface area contributed by atoms with E-state index in [0.29, 0.717) is 0 Å². The van der Waals surface area contributed by atoms with Crippen molar-refractivity contribution in [1.82, 2.24) is 0 Å². The van der Waals surface area contributed by atoms with Gasteiger partial charge in [-0.15, -0.1) is 0 Å². The Balaban J connectivity index is 2.40. The van der Waals surface area contributed by atoms with Gasteiger partial charge >= 0.3 is 23.9 Å². The molecule has 0 unspecified atom stereocenters. The Kier molecular flexibility index (Phi) is 1.79. The number of rotatable bonds is 1. The fourth-order valence-corrected chi connectivity index (χ4v) is 1.61. The molecule has 7 nitrogen and oxygen atoms in total. The number of esters is 4. The third-order valence-electron chi connectivity index (χ3n) is 2.16. The van der Waals surface area contributed by atoms with Gasteiger partial charge in [-0.1, -0.05) is 0 Å². The molecule has 0 radical (unpaired) electrons. The number of carbonyl (C=O) groups excluding carboxylic acids is 4. The highest BCUT2D eigenvalue weighted by Gasteiger charge is 2.68. The average molecular weight is 214 g/mol. The Morgan fingerprint density at radius 1 is 1.47 bits per heavy atom. The van der Waals surface area contributed by atoms with Gasteiger partial charge in [0.2, 0.25) is 6.10 Å². The summed E-state index contributed by atoms with van der Waals surface area (Å²) in [5, 5.41) is 0. The van der Waals surface area contributed by atoms with Crippen molar-refractivity contribution in [2.24, 2.45) is 0 Å². The minimum absolute atomic E-state index is 0.484. The summed E-state index contributed by atoms with van der Waals surface area (Å²) < 4.78 is 13.5. The number of carbonyl (C=O) groups is 4. The molecule has 2 aliphatic heterocycles. The smallest absolute Gasteiger partial charge is 0.363 e. The summed E-state index contributed by atoms with van der Waals surface area (Å²) in [4.78, 5) is 44.2. The average Bonchev–Trinajstić information content (AvgIpc) is 2.50. The molecular formula is C8H6O7. The van der Waals surface area contributed by atoms with Gasteiger partial charge in [0.1, 0.15) is 6.42 Å². The van der Waals surface area contributed by atoms with Crippen molar-refractivity contribution in [2.45, 2.75) is 25.0 Å². The first kappa shape index (κ1) is 9.63.